The van der Waals surface area contributed by atoms with E-state index < -0.39 is 17.0 Å². The van der Waals surface area contributed by atoms with Crippen LogP contribution in [0.25, 0.3) is 10.2 Å². The molecule has 0 amide bonds. The van der Waals surface area contributed by atoms with Crippen LogP contribution in [-0.4, -0.2) is 41.2 Å². The fourth-order valence-corrected chi connectivity index (χ4v) is 5.67. The Morgan fingerprint density at radius 3 is 2.92 bits per heavy atom. The maximum absolute atomic E-state index is 11.2. The minimum atomic E-state index is -1.04. The van der Waals surface area contributed by atoms with Crippen molar-refractivity contribution in [1.29, 1.82) is 0 Å². The lowest BCUT2D eigenvalue weighted by Crippen LogP contribution is -2.68. The summed E-state index contributed by atoms with van der Waals surface area (Å²) in [5, 5.41) is 18.6. The first-order valence-electron chi connectivity index (χ1n) is 8.68. The molecule has 136 valence electrons. The number of hydrogen-bond donors (Lipinski definition) is 4. The summed E-state index contributed by atoms with van der Waals surface area (Å²) < 4.78 is 0.984. The minimum Gasteiger partial charge on any atom is -0.386 e. The molecule has 2 bridgehead atoms. The first-order chi connectivity index (χ1) is 12.3. The molecule has 3 saturated carbocycles. The molecule has 3 fully saturated rings. The number of anilines is 1. The lowest BCUT2D eigenvalue weighted by atomic mass is 9.44. The van der Waals surface area contributed by atoms with Gasteiger partial charge in [0.1, 0.15) is 0 Å². The van der Waals surface area contributed by atoms with Gasteiger partial charge in [0.15, 0.2) is 10.2 Å². The van der Waals surface area contributed by atoms with Gasteiger partial charge in [0, 0.05) is 17.6 Å². The molecule has 2 atom stereocenters. The fraction of sp³-hybridized carbons (Fsp3) is 0.529. The summed E-state index contributed by atoms with van der Waals surface area (Å²) in [6, 6.07) is 5.10. The number of aliphatic hydroxyl groups is 1. The number of fused-ring (bicyclic) bond motifs is 4. The lowest BCUT2D eigenvalue weighted by Gasteiger charge is -2.59. The number of nitrogens with two attached hydrogens (primary N) is 1. The quantitative estimate of drug-likeness (QED) is 0.463. The number of thiazole rings is 1. The molecule has 26 heavy (non-hydrogen) atoms. The second-order valence-electron chi connectivity index (χ2n) is 7.42. The highest BCUT2D eigenvalue weighted by atomic mass is 35.5. The van der Waals surface area contributed by atoms with Crippen molar-refractivity contribution in [3.8, 4) is 0 Å². The Balaban J connectivity index is 1.42. The number of rotatable bonds is 3. The van der Waals surface area contributed by atoms with Crippen LogP contribution in [0.5, 0.6) is 0 Å². The molecule has 1 heterocycles. The van der Waals surface area contributed by atoms with Crippen molar-refractivity contribution in [2.24, 2.45) is 11.7 Å². The molecule has 1 aromatic heterocycles. The van der Waals surface area contributed by atoms with Crippen LogP contribution in [0.1, 0.15) is 25.7 Å². The highest BCUT2D eigenvalue weighted by Gasteiger charge is 2.56. The molecule has 0 saturated heterocycles. The molecule has 2 unspecified atom stereocenters. The van der Waals surface area contributed by atoms with E-state index in [2.05, 4.69) is 15.6 Å². The number of thiocarbonyl (C=S) groups is 1. The molecule has 9 heteroatoms. The SMILES string of the molecule is [B]C12CCC(CC1)C(O)(CNC(=S)Nc1nc3ccc(Cl)cc3s1)C2N. The zero-order chi connectivity index (χ0) is 18.5. The highest BCUT2D eigenvalue weighted by Crippen LogP contribution is 2.56. The van der Waals surface area contributed by atoms with Crippen molar-refractivity contribution < 1.29 is 5.11 Å². The first-order valence-corrected chi connectivity index (χ1v) is 10.3. The smallest absolute Gasteiger partial charge is 0.190 e. The van der Waals surface area contributed by atoms with Gasteiger partial charge in [-0.3, -0.25) is 0 Å². The van der Waals surface area contributed by atoms with Crippen LogP contribution in [0, 0.1) is 5.92 Å². The van der Waals surface area contributed by atoms with Gasteiger partial charge in [-0.05, 0) is 54.5 Å². The minimum absolute atomic E-state index is 0.155. The fourth-order valence-electron chi connectivity index (χ4n) is 4.29. The van der Waals surface area contributed by atoms with E-state index in [1.807, 2.05) is 18.2 Å². The number of nitrogens with one attached hydrogen (secondary N) is 2. The Labute approximate surface area is 168 Å². The van der Waals surface area contributed by atoms with Crippen molar-refractivity contribution in [1.82, 2.24) is 10.3 Å². The number of hydrogen-bond acceptors (Lipinski definition) is 5. The zero-order valence-electron chi connectivity index (χ0n) is 14.2. The van der Waals surface area contributed by atoms with E-state index in [9.17, 15) is 5.11 Å². The van der Waals surface area contributed by atoms with Crippen molar-refractivity contribution in [3.05, 3.63) is 23.2 Å². The Morgan fingerprint density at radius 1 is 1.46 bits per heavy atom. The average Bonchev–Trinajstić information content (AvgIpc) is 2.99. The largest absolute Gasteiger partial charge is 0.386 e. The molecule has 5 N–H and O–H groups in total. The van der Waals surface area contributed by atoms with E-state index in [4.69, 9.17) is 37.4 Å². The van der Waals surface area contributed by atoms with E-state index in [1.54, 1.807) is 0 Å². The van der Waals surface area contributed by atoms with Crippen LogP contribution in [-0.2, 0) is 0 Å². The van der Waals surface area contributed by atoms with E-state index in [-0.39, 0.29) is 12.5 Å². The summed E-state index contributed by atoms with van der Waals surface area (Å²) in [5.74, 6) is 0.155. The van der Waals surface area contributed by atoms with Crippen LogP contribution in [0.3, 0.4) is 0 Å². The van der Waals surface area contributed by atoms with Crippen molar-refractivity contribution in [2.75, 3.05) is 11.9 Å². The molecule has 5 nitrogen and oxygen atoms in total. The second-order valence-corrected chi connectivity index (χ2v) is 9.29. The number of benzene rings is 1. The van der Waals surface area contributed by atoms with Crippen molar-refractivity contribution in [3.63, 3.8) is 0 Å². The molecular formula is C17H20BClN4OS2. The molecule has 2 radical (unpaired) electrons. The molecule has 0 aliphatic heterocycles. The number of aromatic nitrogens is 1. The van der Waals surface area contributed by atoms with Crippen LogP contribution >= 0.6 is 35.2 Å². The topological polar surface area (TPSA) is 83.2 Å². The van der Waals surface area contributed by atoms with Gasteiger partial charge in [-0.1, -0.05) is 35.8 Å². The lowest BCUT2D eigenvalue weighted by molar-refractivity contribution is -0.104. The van der Waals surface area contributed by atoms with Crippen molar-refractivity contribution >= 4 is 63.5 Å². The van der Waals surface area contributed by atoms with E-state index in [0.717, 1.165) is 35.9 Å². The molecule has 5 rings (SSSR count). The summed E-state index contributed by atoms with van der Waals surface area (Å²) >= 11 is 12.9. The third kappa shape index (κ3) is 3.12. The molecule has 1 aromatic carbocycles. The highest BCUT2D eigenvalue weighted by molar-refractivity contribution is 7.80. The van der Waals surface area contributed by atoms with Crippen LogP contribution < -0.4 is 16.4 Å². The van der Waals surface area contributed by atoms with E-state index in [0.29, 0.717) is 15.3 Å². The number of nitrogens with zero attached hydrogens (tertiary/aromatic N) is 1. The van der Waals surface area contributed by atoms with Gasteiger partial charge in [-0.25, -0.2) is 4.98 Å². The van der Waals surface area contributed by atoms with Crippen LogP contribution in [0.15, 0.2) is 18.2 Å². The van der Waals surface area contributed by atoms with Gasteiger partial charge >= 0.3 is 0 Å². The first kappa shape index (κ1) is 18.4. The summed E-state index contributed by atoms with van der Waals surface area (Å²) in [6.07, 6.45) is 3.55. The summed E-state index contributed by atoms with van der Waals surface area (Å²) in [5.41, 5.74) is 6.15. The predicted octanol–water partition coefficient (Wildman–Crippen LogP) is 2.83. The molecular weight excluding hydrogens is 387 g/mol. The van der Waals surface area contributed by atoms with Gasteiger partial charge in [0.05, 0.1) is 23.7 Å². The van der Waals surface area contributed by atoms with Gasteiger partial charge in [-0.2, -0.15) is 0 Å². The zero-order valence-corrected chi connectivity index (χ0v) is 16.6. The Morgan fingerprint density at radius 2 is 2.19 bits per heavy atom. The normalized spacial score (nSPS) is 33.3. The van der Waals surface area contributed by atoms with E-state index >= 15 is 0 Å². The number of halogens is 1. The summed E-state index contributed by atoms with van der Waals surface area (Å²) in [6.45, 7) is 0.278. The molecule has 2 aromatic rings. The van der Waals surface area contributed by atoms with Gasteiger partial charge in [0.25, 0.3) is 0 Å². The van der Waals surface area contributed by atoms with Gasteiger partial charge in [0.2, 0.25) is 0 Å². The monoisotopic (exact) mass is 406 g/mol. The summed E-state index contributed by atoms with van der Waals surface area (Å²) in [4.78, 5) is 4.48. The molecule has 0 spiro atoms. The van der Waals surface area contributed by atoms with Crippen LogP contribution in [0.2, 0.25) is 10.3 Å². The maximum Gasteiger partial charge on any atom is 0.190 e. The van der Waals surface area contributed by atoms with Gasteiger partial charge in [-0.15, -0.1) is 0 Å². The second kappa shape index (κ2) is 6.60. The van der Waals surface area contributed by atoms with E-state index in [1.165, 1.54) is 11.3 Å². The Bertz CT molecular complexity index is 854. The average molecular weight is 407 g/mol. The predicted molar refractivity (Wildman–Crippen MR) is 112 cm³/mol. The Kier molecular flexibility index (Phi) is 4.68. The third-order valence-corrected chi connectivity index (χ3v) is 7.30. The standard InChI is InChI=1S/C17H20BClN4OS2/c18-16-5-3-9(4-6-16)17(24,13(16)20)8-21-14(25)23-15-22-11-2-1-10(19)7-12(11)26-15/h1-2,7,9,13,24H,3-6,8,20H2,(H2,21,22,23,25). The molecule has 3 aliphatic carbocycles. The van der Waals surface area contributed by atoms with Crippen LogP contribution in [0.4, 0.5) is 5.13 Å². The molecule has 3 aliphatic rings. The summed E-state index contributed by atoms with van der Waals surface area (Å²) in [7, 11) is 6.42. The third-order valence-electron chi connectivity index (χ3n) is 5.88. The van der Waals surface area contributed by atoms with Crippen molar-refractivity contribution in [2.45, 2.75) is 42.6 Å². The van der Waals surface area contributed by atoms with Gasteiger partial charge < -0.3 is 21.5 Å². The Hall–Kier alpha value is -0.925. The maximum atomic E-state index is 11.2.